The highest BCUT2D eigenvalue weighted by atomic mass is 16.1. The average molecular weight is 354 g/mol. The van der Waals surface area contributed by atoms with Gasteiger partial charge in [-0.05, 0) is 51.1 Å². The number of benzene rings is 1. The van der Waals surface area contributed by atoms with Gasteiger partial charge in [0, 0.05) is 25.3 Å². The van der Waals surface area contributed by atoms with Crippen LogP contribution in [0, 0.1) is 0 Å². The summed E-state index contributed by atoms with van der Waals surface area (Å²) in [5.41, 5.74) is 7.69. The number of carbonyl (C=O) groups is 1. The van der Waals surface area contributed by atoms with Gasteiger partial charge in [-0.2, -0.15) is 0 Å². The van der Waals surface area contributed by atoms with E-state index >= 15 is 0 Å². The van der Waals surface area contributed by atoms with Crippen LogP contribution in [0.25, 0.3) is 0 Å². The normalized spacial score (nSPS) is 14.5. The fourth-order valence-electron chi connectivity index (χ4n) is 3.12. The van der Waals surface area contributed by atoms with Crippen LogP contribution in [-0.2, 0) is 6.54 Å². The molecule has 1 aliphatic rings. The van der Waals surface area contributed by atoms with Crippen LogP contribution in [0.5, 0.6) is 0 Å². The van der Waals surface area contributed by atoms with Gasteiger partial charge in [0.05, 0.1) is 6.20 Å². The van der Waals surface area contributed by atoms with Crippen molar-refractivity contribution in [3.05, 3.63) is 41.7 Å². The number of rotatable bonds is 6. The molecule has 1 aromatic heterocycles. The molecule has 138 valence electrons. The number of hydrogen-bond acceptors (Lipinski definition) is 6. The summed E-state index contributed by atoms with van der Waals surface area (Å²) in [5, 5.41) is 3.20. The molecule has 1 aliphatic heterocycles. The number of nitrogens with two attached hydrogens (primary N) is 1. The van der Waals surface area contributed by atoms with Crippen molar-refractivity contribution in [3.63, 3.8) is 0 Å². The molecule has 0 atom stereocenters. The predicted octanol–water partition coefficient (Wildman–Crippen LogP) is 2.37. The molecule has 0 spiro atoms. The second-order valence-corrected chi connectivity index (χ2v) is 6.90. The number of amides is 1. The molecule has 2 aromatic rings. The summed E-state index contributed by atoms with van der Waals surface area (Å²) < 4.78 is 0. The van der Waals surface area contributed by atoms with Crippen molar-refractivity contribution in [2.45, 2.75) is 25.8 Å². The van der Waals surface area contributed by atoms with Gasteiger partial charge in [0.2, 0.25) is 0 Å². The first kappa shape index (κ1) is 18.1. The quantitative estimate of drug-likeness (QED) is 0.828. The summed E-state index contributed by atoms with van der Waals surface area (Å²) in [6, 6.07) is 8.04. The Morgan fingerprint density at radius 1 is 1.19 bits per heavy atom. The van der Waals surface area contributed by atoms with Crippen molar-refractivity contribution >= 4 is 23.2 Å². The lowest BCUT2D eigenvalue weighted by Gasteiger charge is -2.27. The van der Waals surface area contributed by atoms with Gasteiger partial charge in [0.25, 0.3) is 5.91 Å². The van der Waals surface area contributed by atoms with Crippen LogP contribution in [0.15, 0.2) is 30.5 Å². The van der Waals surface area contributed by atoms with E-state index in [1.54, 1.807) is 6.20 Å². The lowest BCUT2D eigenvalue weighted by Crippen LogP contribution is -2.31. The number of hydrogen-bond donors (Lipinski definition) is 2. The molecule has 3 N–H and O–H groups in total. The Bertz CT molecular complexity index is 753. The molecule has 0 bridgehead atoms. The number of carbonyl (C=O) groups excluding carboxylic acids is 1. The van der Waals surface area contributed by atoms with Crippen LogP contribution >= 0.6 is 0 Å². The molecule has 0 aliphatic carbocycles. The summed E-state index contributed by atoms with van der Waals surface area (Å²) in [5.74, 6) is 0.594. The largest absolute Gasteiger partial charge is 0.364 e. The van der Waals surface area contributed by atoms with Gasteiger partial charge in [0.1, 0.15) is 5.82 Å². The molecule has 1 aromatic carbocycles. The number of primary amides is 1. The van der Waals surface area contributed by atoms with E-state index in [1.165, 1.54) is 12.0 Å². The first-order chi connectivity index (χ1) is 12.5. The zero-order valence-electron chi connectivity index (χ0n) is 15.4. The minimum atomic E-state index is -0.588. The summed E-state index contributed by atoms with van der Waals surface area (Å²) in [6.45, 7) is 2.80. The van der Waals surface area contributed by atoms with Gasteiger partial charge in [-0.3, -0.25) is 4.79 Å². The highest BCUT2D eigenvalue weighted by Crippen LogP contribution is 2.23. The molecule has 26 heavy (non-hydrogen) atoms. The maximum Gasteiger partial charge on any atom is 0.271 e. The van der Waals surface area contributed by atoms with Gasteiger partial charge in [-0.1, -0.05) is 12.1 Å². The molecule has 2 heterocycles. The van der Waals surface area contributed by atoms with E-state index in [0.717, 1.165) is 44.0 Å². The number of nitrogens with zero attached hydrogens (tertiary/aromatic N) is 4. The molecule has 7 heteroatoms. The highest BCUT2D eigenvalue weighted by molar-refractivity contribution is 5.96. The summed E-state index contributed by atoms with van der Waals surface area (Å²) in [7, 11) is 4.07. The smallest absolute Gasteiger partial charge is 0.271 e. The van der Waals surface area contributed by atoms with Crippen molar-refractivity contribution in [1.29, 1.82) is 0 Å². The Morgan fingerprint density at radius 2 is 1.88 bits per heavy atom. The van der Waals surface area contributed by atoms with Crippen molar-refractivity contribution in [1.82, 2.24) is 14.9 Å². The van der Waals surface area contributed by atoms with Crippen LogP contribution in [0.1, 0.15) is 35.3 Å². The van der Waals surface area contributed by atoms with Crippen molar-refractivity contribution in [2.24, 2.45) is 5.73 Å². The highest BCUT2D eigenvalue weighted by Gasteiger charge is 2.17. The van der Waals surface area contributed by atoms with Gasteiger partial charge in [0.15, 0.2) is 11.5 Å². The fraction of sp³-hybridized carbons (Fsp3) is 0.421. The molecule has 0 unspecified atom stereocenters. The number of anilines is 3. The van der Waals surface area contributed by atoms with Gasteiger partial charge in [-0.25, -0.2) is 9.97 Å². The average Bonchev–Trinajstić information content (AvgIpc) is 2.63. The Balaban J connectivity index is 1.83. The molecule has 1 saturated heterocycles. The van der Waals surface area contributed by atoms with E-state index < -0.39 is 5.91 Å². The van der Waals surface area contributed by atoms with E-state index in [2.05, 4.69) is 25.1 Å². The van der Waals surface area contributed by atoms with Gasteiger partial charge >= 0.3 is 0 Å². The third-order valence-electron chi connectivity index (χ3n) is 4.39. The fourth-order valence-corrected chi connectivity index (χ4v) is 3.12. The summed E-state index contributed by atoms with van der Waals surface area (Å²) in [6.07, 6.45) is 5.18. The molecule has 1 fully saturated rings. The molecular weight excluding hydrogens is 328 g/mol. The molecule has 0 saturated carbocycles. The van der Waals surface area contributed by atoms with Crippen molar-refractivity contribution in [2.75, 3.05) is 37.4 Å². The van der Waals surface area contributed by atoms with E-state index in [1.807, 2.05) is 38.4 Å². The molecule has 7 nitrogen and oxygen atoms in total. The van der Waals surface area contributed by atoms with Gasteiger partial charge < -0.3 is 20.9 Å². The maximum atomic E-state index is 11.7. The van der Waals surface area contributed by atoms with Crippen molar-refractivity contribution < 1.29 is 4.79 Å². The number of piperidine rings is 1. The Kier molecular flexibility index (Phi) is 5.68. The van der Waals surface area contributed by atoms with Crippen LogP contribution < -0.4 is 16.0 Å². The first-order valence-corrected chi connectivity index (χ1v) is 8.95. The third-order valence-corrected chi connectivity index (χ3v) is 4.39. The van der Waals surface area contributed by atoms with Crippen LogP contribution in [-0.4, -0.2) is 48.0 Å². The topological polar surface area (TPSA) is 87.4 Å². The SMILES string of the molecule is CN(C)Cc1ccc(Nc2nc(N3CCCCC3)cnc2C(N)=O)cc1. The Hall–Kier alpha value is -2.67. The second kappa shape index (κ2) is 8.14. The third kappa shape index (κ3) is 4.49. The zero-order valence-corrected chi connectivity index (χ0v) is 15.4. The molecular formula is C19H26N6O. The number of nitrogens with one attached hydrogen (secondary N) is 1. The lowest BCUT2D eigenvalue weighted by molar-refractivity contribution is 0.0996. The van der Waals surface area contributed by atoms with Crippen LogP contribution in [0.4, 0.5) is 17.3 Å². The first-order valence-electron chi connectivity index (χ1n) is 8.95. The Labute approximate surface area is 154 Å². The zero-order chi connectivity index (χ0) is 18.5. The van der Waals surface area contributed by atoms with E-state index in [4.69, 9.17) is 5.73 Å². The lowest BCUT2D eigenvalue weighted by atomic mass is 10.1. The predicted molar refractivity (Wildman–Crippen MR) is 104 cm³/mol. The maximum absolute atomic E-state index is 11.7. The van der Waals surface area contributed by atoms with Crippen LogP contribution in [0.2, 0.25) is 0 Å². The molecule has 1 amide bonds. The number of aromatic nitrogens is 2. The van der Waals surface area contributed by atoms with E-state index in [0.29, 0.717) is 5.82 Å². The van der Waals surface area contributed by atoms with E-state index in [9.17, 15) is 4.79 Å². The standard InChI is InChI=1S/C19H26N6O/c1-24(2)13-14-6-8-15(9-7-14)22-19-17(18(20)26)21-12-16(23-19)25-10-4-3-5-11-25/h6-9,12H,3-5,10-11,13H2,1-2H3,(H2,20,26)(H,22,23). The molecule has 3 rings (SSSR count). The molecule has 0 radical (unpaired) electrons. The monoisotopic (exact) mass is 354 g/mol. The van der Waals surface area contributed by atoms with Crippen LogP contribution in [0.3, 0.4) is 0 Å². The van der Waals surface area contributed by atoms with Gasteiger partial charge in [-0.15, -0.1) is 0 Å². The van der Waals surface area contributed by atoms with Crippen molar-refractivity contribution in [3.8, 4) is 0 Å². The summed E-state index contributed by atoms with van der Waals surface area (Å²) >= 11 is 0. The Morgan fingerprint density at radius 3 is 2.50 bits per heavy atom. The van der Waals surface area contributed by atoms with E-state index in [-0.39, 0.29) is 5.69 Å². The summed E-state index contributed by atoms with van der Waals surface area (Å²) in [4.78, 5) is 24.9. The minimum Gasteiger partial charge on any atom is -0.364 e. The minimum absolute atomic E-state index is 0.156. The second-order valence-electron chi connectivity index (χ2n) is 6.90.